The van der Waals surface area contributed by atoms with Crippen molar-refractivity contribution >= 4 is 17.9 Å². The van der Waals surface area contributed by atoms with Gasteiger partial charge in [0.1, 0.15) is 17.4 Å². The third-order valence-electron chi connectivity index (χ3n) is 5.11. The maximum absolute atomic E-state index is 13.1. The van der Waals surface area contributed by atoms with Crippen molar-refractivity contribution in [3.63, 3.8) is 0 Å². The summed E-state index contributed by atoms with van der Waals surface area (Å²) in [7, 11) is 3.94. The molecule has 0 aliphatic carbocycles. The highest BCUT2D eigenvalue weighted by atomic mass is 16.6. The van der Waals surface area contributed by atoms with Gasteiger partial charge in [-0.1, -0.05) is 5.16 Å². The van der Waals surface area contributed by atoms with Crippen LogP contribution in [0.2, 0.25) is 0 Å². The van der Waals surface area contributed by atoms with Gasteiger partial charge in [-0.05, 0) is 38.1 Å². The van der Waals surface area contributed by atoms with Crippen molar-refractivity contribution in [1.82, 2.24) is 10.5 Å². The Kier molecular flexibility index (Phi) is 7.17. The molecule has 0 spiro atoms. The summed E-state index contributed by atoms with van der Waals surface area (Å²) in [6, 6.07) is 8.82. The van der Waals surface area contributed by atoms with Gasteiger partial charge in [0.2, 0.25) is 0 Å². The molecule has 1 aliphatic heterocycles. The quantitative estimate of drug-likeness (QED) is 0.490. The van der Waals surface area contributed by atoms with E-state index in [0.29, 0.717) is 22.8 Å². The summed E-state index contributed by atoms with van der Waals surface area (Å²) < 4.78 is 25.4. The number of nitrogens with one attached hydrogen (secondary N) is 1. The van der Waals surface area contributed by atoms with Crippen LogP contribution in [0.3, 0.4) is 0 Å². The van der Waals surface area contributed by atoms with Crippen molar-refractivity contribution in [2.24, 2.45) is 5.92 Å². The molecule has 0 amide bonds. The summed E-state index contributed by atoms with van der Waals surface area (Å²) in [5, 5.41) is 6.90. The van der Waals surface area contributed by atoms with Crippen LogP contribution in [0.1, 0.15) is 19.6 Å². The molecule has 0 radical (unpaired) electrons. The van der Waals surface area contributed by atoms with Crippen molar-refractivity contribution < 1.29 is 37.9 Å². The largest absolute Gasteiger partial charge is 0.497 e. The van der Waals surface area contributed by atoms with E-state index in [2.05, 4.69) is 10.5 Å². The first-order valence-corrected chi connectivity index (χ1v) is 9.92. The first kappa shape index (κ1) is 23.6. The number of rotatable bonds is 7. The summed E-state index contributed by atoms with van der Waals surface area (Å²) in [5.41, 5.74) is 2.00. The average Bonchev–Trinajstić information content (AvgIpc) is 3.30. The lowest BCUT2D eigenvalue weighted by Crippen LogP contribution is -2.37. The first-order chi connectivity index (χ1) is 15.8. The molecule has 10 nitrogen and oxygen atoms in total. The minimum Gasteiger partial charge on any atom is -0.497 e. The Bertz CT molecular complexity index is 1090. The molecule has 1 aromatic carbocycles. The number of benzene rings is 1. The van der Waals surface area contributed by atoms with Gasteiger partial charge in [0.05, 0.1) is 32.5 Å². The minimum absolute atomic E-state index is 0.0370. The normalized spacial score (nSPS) is 14.0. The van der Waals surface area contributed by atoms with Crippen LogP contribution in [0.4, 0.5) is 0 Å². The van der Waals surface area contributed by atoms with Crippen molar-refractivity contribution in [1.29, 1.82) is 0 Å². The third kappa shape index (κ3) is 4.89. The number of dihydropyridines is 1. The zero-order valence-corrected chi connectivity index (χ0v) is 18.9. The second-order valence-electron chi connectivity index (χ2n) is 7.13. The molecule has 0 fully saturated rings. The summed E-state index contributed by atoms with van der Waals surface area (Å²) >= 11 is 0. The fraction of sp³-hybridized carbons (Fsp3) is 0.304. The highest BCUT2D eigenvalue weighted by molar-refractivity contribution is 6.05. The Morgan fingerprint density at radius 3 is 2.06 bits per heavy atom. The Balaban J connectivity index is 1.82. The van der Waals surface area contributed by atoms with Gasteiger partial charge in [0.25, 0.3) is 0 Å². The van der Waals surface area contributed by atoms with Crippen molar-refractivity contribution in [3.8, 4) is 17.0 Å². The molecule has 1 N–H and O–H groups in total. The molecule has 174 valence electrons. The van der Waals surface area contributed by atoms with E-state index in [0.717, 1.165) is 5.56 Å². The molecule has 10 heteroatoms. The minimum atomic E-state index is -1.32. The smallest absolute Gasteiger partial charge is 0.336 e. The second kappa shape index (κ2) is 10.0. The lowest BCUT2D eigenvalue weighted by Gasteiger charge is -2.28. The van der Waals surface area contributed by atoms with Gasteiger partial charge in [-0.25, -0.2) is 9.59 Å². The van der Waals surface area contributed by atoms with Gasteiger partial charge >= 0.3 is 17.9 Å². The predicted octanol–water partition coefficient (Wildman–Crippen LogP) is 2.51. The van der Waals surface area contributed by atoms with Crippen LogP contribution in [0.5, 0.6) is 5.75 Å². The SMILES string of the molecule is COC(=O)C1=C(C)NC(C)=C(C(=O)OC)C1C(=O)OCc1cc(-c2ccc(OC)cc2)no1. The lowest BCUT2D eigenvalue weighted by molar-refractivity contribution is -0.152. The van der Waals surface area contributed by atoms with Gasteiger partial charge < -0.3 is 28.8 Å². The lowest BCUT2D eigenvalue weighted by atomic mass is 9.85. The van der Waals surface area contributed by atoms with Gasteiger partial charge in [0, 0.05) is 23.0 Å². The van der Waals surface area contributed by atoms with Crippen LogP contribution in [0.15, 0.2) is 57.4 Å². The molecule has 1 aromatic heterocycles. The molecule has 0 atom stereocenters. The van der Waals surface area contributed by atoms with Gasteiger partial charge in [-0.2, -0.15) is 0 Å². The van der Waals surface area contributed by atoms with Crippen molar-refractivity contribution in [2.45, 2.75) is 20.5 Å². The molecule has 0 saturated heterocycles. The van der Waals surface area contributed by atoms with Crippen LogP contribution in [-0.4, -0.2) is 44.4 Å². The third-order valence-corrected chi connectivity index (χ3v) is 5.11. The number of hydrogen-bond donors (Lipinski definition) is 1. The Morgan fingerprint density at radius 2 is 1.55 bits per heavy atom. The maximum Gasteiger partial charge on any atom is 0.336 e. The van der Waals surface area contributed by atoms with Gasteiger partial charge in [-0.15, -0.1) is 0 Å². The molecule has 33 heavy (non-hydrogen) atoms. The molecule has 0 bridgehead atoms. The Labute approximate surface area is 190 Å². The number of ether oxygens (including phenoxy) is 4. The number of hydrogen-bond acceptors (Lipinski definition) is 10. The molecule has 0 unspecified atom stereocenters. The van der Waals surface area contributed by atoms with Crippen LogP contribution in [-0.2, 0) is 35.2 Å². The van der Waals surface area contributed by atoms with E-state index in [1.54, 1.807) is 39.2 Å². The molecule has 1 aliphatic rings. The van der Waals surface area contributed by atoms with E-state index in [4.69, 9.17) is 23.5 Å². The summed E-state index contributed by atoms with van der Waals surface area (Å²) in [6.07, 6.45) is 0. The predicted molar refractivity (Wildman–Crippen MR) is 114 cm³/mol. The van der Waals surface area contributed by atoms with E-state index in [9.17, 15) is 14.4 Å². The number of allylic oxidation sites excluding steroid dienone is 2. The second-order valence-corrected chi connectivity index (χ2v) is 7.13. The standard InChI is InChI=1S/C23H24N2O8/c1-12-18(21(26)30-4)20(19(13(2)24-12)22(27)31-5)23(28)32-11-16-10-17(25-33-16)14-6-8-15(29-3)9-7-14/h6-10,20,24H,11H2,1-5H3. The number of carbonyl (C=O) groups excluding carboxylic acids is 3. The zero-order chi connectivity index (χ0) is 24.1. The van der Waals surface area contributed by atoms with Crippen LogP contribution < -0.4 is 10.1 Å². The highest BCUT2D eigenvalue weighted by Crippen LogP contribution is 2.32. The molecular formula is C23H24N2O8. The first-order valence-electron chi connectivity index (χ1n) is 9.92. The monoisotopic (exact) mass is 456 g/mol. The highest BCUT2D eigenvalue weighted by Gasteiger charge is 2.42. The average molecular weight is 456 g/mol. The van der Waals surface area contributed by atoms with E-state index in [-0.39, 0.29) is 23.5 Å². The topological polar surface area (TPSA) is 126 Å². The number of aromatic nitrogens is 1. The summed E-state index contributed by atoms with van der Waals surface area (Å²) in [4.78, 5) is 37.9. The Hall–Kier alpha value is -4.08. The van der Waals surface area contributed by atoms with Crippen LogP contribution in [0, 0.1) is 5.92 Å². The Morgan fingerprint density at radius 1 is 0.970 bits per heavy atom. The zero-order valence-electron chi connectivity index (χ0n) is 18.9. The number of esters is 3. The number of methoxy groups -OCH3 is 3. The van der Waals surface area contributed by atoms with Crippen molar-refractivity contribution in [3.05, 3.63) is 58.6 Å². The van der Waals surface area contributed by atoms with Gasteiger partial charge in [-0.3, -0.25) is 4.79 Å². The number of carbonyl (C=O) groups is 3. The molecule has 3 rings (SSSR count). The van der Waals surface area contributed by atoms with E-state index >= 15 is 0 Å². The maximum atomic E-state index is 13.1. The van der Waals surface area contributed by atoms with E-state index in [1.807, 2.05) is 12.1 Å². The number of nitrogens with zero attached hydrogens (tertiary/aromatic N) is 1. The van der Waals surface area contributed by atoms with E-state index in [1.165, 1.54) is 14.2 Å². The molecule has 2 heterocycles. The fourth-order valence-electron chi connectivity index (χ4n) is 3.50. The van der Waals surface area contributed by atoms with Crippen molar-refractivity contribution in [2.75, 3.05) is 21.3 Å². The summed E-state index contributed by atoms with van der Waals surface area (Å²) in [5.74, 6) is -2.71. The summed E-state index contributed by atoms with van der Waals surface area (Å²) in [6.45, 7) is 2.94. The van der Waals surface area contributed by atoms with E-state index < -0.39 is 23.8 Å². The fourth-order valence-corrected chi connectivity index (χ4v) is 3.50. The molecule has 0 saturated carbocycles. The molecule has 2 aromatic rings. The van der Waals surface area contributed by atoms with Crippen LogP contribution in [0.25, 0.3) is 11.3 Å². The van der Waals surface area contributed by atoms with Crippen LogP contribution >= 0.6 is 0 Å². The van der Waals surface area contributed by atoms with Gasteiger partial charge in [0.15, 0.2) is 12.4 Å². The molecular weight excluding hydrogens is 432 g/mol.